The maximum atomic E-state index is 11.9. The molecule has 96 valence electrons. The van der Waals surface area contributed by atoms with Crippen LogP contribution >= 0.6 is 0 Å². The Kier molecular flexibility index (Phi) is 2.66. The van der Waals surface area contributed by atoms with Gasteiger partial charge in [0.25, 0.3) is 5.91 Å². The molecule has 1 atom stereocenters. The summed E-state index contributed by atoms with van der Waals surface area (Å²) in [7, 11) is 0. The van der Waals surface area contributed by atoms with Gasteiger partial charge in [-0.05, 0) is 6.92 Å². The topological polar surface area (TPSA) is 134 Å². The summed E-state index contributed by atoms with van der Waals surface area (Å²) in [4.78, 5) is 37.5. The summed E-state index contributed by atoms with van der Waals surface area (Å²) in [6.45, 7) is 1.23. The second-order valence-corrected chi connectivity index (χ2v) is 3.74. The quantitative estimate of drug-likeness (QED) is 0.526. The van der Waals surface area contributed by atoms with Gasteiger partial charge in [0.2, 0.25) is 0 Å². The first-order valence-electron chi connectivity index (χ1n) is 4.96. The third kappa shape index (κ3) is 1.75. The lowest BCUT2D eigenvalue weighted by molar-refractivity contribution is -0.124. The zero-order chi connectivity index (χ0) is 13.3. The minimum atomic E-state index is -1.60. The van der Waals surface area contributed by atoms with Gasteiger partial charge in [-0.15, -0.1) is 0 Å². The van der Waals surface area contributed by atoms with Gasteiger partial charge in [-0.25, -0.2) is 14.6 Å². The summed E-state index contributed by atoms with van der Waals surface area (Å²) in [6, 6.07) is -0.719. The summed E-state index contributed by atoms with van der Waals surface area (Å²) in [5.41, 5.74) is -1.21. The predicted molar refractivity (Wildman–Crippen MR) is 55.6 cm³/mol. The van der Waals surface area contributed by atoms with E-state index in [0.29, 0.717) is 5.69 Å². The van der Waals surface area contributed by atoms with Crippen molar-refractivity contribution in [1.82, 2.24) is 20.9 Å². The van der Waals surface area contributed by atoms with Crippen LogP contribution in [-0.4, -0.2) is 34.7 Å². The van der Waals surface area contributed by atoms with Crippen molar-refractivity contribution in [3.05, 3.63) is 17.8 Å². The fraction of sp³-hybridized carbons (Fsp3) is 0.333. The van der Waals surface area contributed by atoms with E-state index in [1.54, 1.807) is 6.92 Å². The molecule has 1 saturated heterocycles. The van der Waals surface area contributed by atoms with Crippen LogP contribution in [0.15, 0.2) is 10.8 Å². The lowest BCUT2D eigenvalue weighted by atomic mass is 9.95. The number of aryl methyl sites for hydroxylation is 1. The number of aromatic nitrogens is 1. The Morgan fingerprint density at radius 3 is 2.78 bits per heavy atom. The summed E-state index contributed by atoms with van der Waals surface area (Å²) in [5, 5.41) is 15.0. The summed E-state index contributed by atoms with van der Waals surface area (Å²) in [5.74, 6) is -0.597. The summed E-state index contributed by atoms with van der Waals surface area (Å²) in [6.07, 6.45) is -0.203. The second-order valence-electron chi connectivity index (χ2n) is 3.74. The molecule has 9 nitrogen and oxygen atoms in total. The smallest absolute Gasteiger partial charge is 0.404 e. The molecule has 0 aliphatic carbocycles. The lowest BCUT2D eigenvalue weighted by Crippen LogP contribution is -2.52. The number of urea groups is 1. The highest BCUT2D eigenvalue weighted by atomic mass is 16.4. The number of imide groups is 1. The standard InChI is InChI=1S/C9H10N4O5/c1-4-5(18-3-11-4)9(2-10-8(16)17)6(14)12-7(15)13-9/h3,10H,2H2,1H3,(H,16,17)(H2,12,13,14,15). The first kappa shape index (κ1) is 11.9. The van der Waals surface area contributed by atoms with Crippen LogP contribution < -0.4 is 16.0 Å². The average molecular weight is 254 g/mol. The monoisotopic (exact) mass is 254 g/mol. The maximum absolute atomic E-state index is 11.9. The van der Waals surface area contributed by atoms with E-state index in [4.69, 9.17) is 9.52 Å². The Morgan fingerprint density at radius 2 is 2.33 bits per heavy atom. The van der Waals surface area contributed by atoms with Gasteiger partial charge in [-0.3, -0.25) is 10.1 Å². The molecule has 2 rings (SSSR count). The fourth-order valence-corrected chi connectivity index (χ4v) is 1.78. The molecule has 0 radical (unpaired) electrons. The number of amides is 4. The van der Waals surface area contributed by atoms with E-state index < -0.39 is 23.6 Å². The van der Waals surface area contributed by atoms with Crippen molar-refractivity contribution >= 4 is 18.0 Å². The Hall–Kier alpha value is -2.58. The number of rotatable bonds is 3. The van der Waals surface area contributed by atoms with Crippen LogP contribution in [-0.2, 0) is 10.3 Å². The van der Waals surface area contributed by atoms with Gasteiger partial charge in [-0.2, -0.15) is 0 Å². The molecule has 18 heavy (non-hydrogen) atoms. The van der Waals surface area contributed by atoms with Crippen molar-refractivity contribution < 1.29 is 23.9 Å². The van der Waals surface area contributed by atoms with Crippen LogP contribution in [0, 0.1) is 6.92 Å². The van der Waals surface area contributed by atoms with Crippen molar-refractivity contribution in [2.45, 2.75) is 12.5 Å². The maximum Gasteiger partial charge on any atom is 0.404 e. The van der Waals surface area contributed by atoms with Crippen LogP contribution in [0.1, 0.15) is 11.5 Å². The Labute approximate surface area is 101 Å². The average Bonchev–Trinajstić information content (AvgIpc) is 2.81. The molecule has 0 aromatic carbocycles. The van der Waals surface area contributed by atoms with Gasteiger partial charge >= 0.3 is 12.1 Å². The molecule has 1 fully saturated rings. The summed E-state index contributed by atoms with van der Waals surface area (Å²) >= 11 is 0. The lowest BCUT2D eigenvalue weighted by Gasteiger charge is -2.23. The third-order valence-corrected chi connectivity index (χ3v) is 2.58. The van der Waals surface area contributed by atoms with Crippen molar-refractivity contribution in [1.29, 1.82) is 0 Å². The van der Waals surface area contributed by atoms with E-state index in [0.717, 1.165) is 6.39 Å². The molecule has 0 spiro atoms. The van der Waals surface area contributed by atoms with Crippen molar-refractivity contribution in [2.24, 2.45) is 0 Å². The number of nitrogens with zero attached hydrogens (tertiary/aromatic N) is 1. The molecular formula is C9H10N4O5. The van der Waals surface area contributed by atoms with Crippen LogP contribution in [0.5, 0.6) is 0 Å². The largest absolute Gasteiger partial charge is 0.465 e. The predicted octanol–water partition coefficient (Wildman–Crippen LogP) is -0.715. The molecule has 1 aliphatic rings. The SMILES string of the molecule is Cc1ncoc1C1(CNC(=O)O)NC(=O)NC1=O. The molecule has 1 unspecified atom stereocenters. The van der Waals surface area contributed by atoms with E-state index in [2.05, 4.69) is 10.3 Å². The van der Waals surface area contributed by atoms with E-state index in [1.807, 2.05) is 10.6 Å². The molecular weight excluding hydrogens is 244 g/mol. The molecule has 0 saturated carbocycles. The molecule has 1 aromatic rings. The van der Waals surface area contributed by atoms with Crippen LogP contribution in [0.4, 0.5) is 9.59 Å². The van der Waals surface area contributed by atoms with Crippen LogP contribution in [0.25, 0.3) is 0 Å². The highest BCUT2D eigenvalue weighted by Gasteiger charge is 2.51. The first-order chi connectivity index (χ1) is 8.45. The number of carbonyl (C=O) groups is 3. The van der Waals surface area contributed by atoms with E-state index in [1.165, 1.54) is 0 Å². The number of oxazole rings is 1. The minimum Gasteiger partial charge on any atom is -0.465 e. The summed E-state index contributed by atoms with van der Waals surface area (Å²) < 4.78 is 5.08. The number of hydrogen-bond acceptors (Lipinski definition) is 5. The van der Waals surface area contributed by atoms with Crippen molar-refractivity contribution in [3.63, 3.8) is 0 Å². The van der Waals surface area contributed by atoms with Gasteiger partial charge < -0.3 is 20.2 Å². The van der Waals surface area contributed by atoms with Gasteiger partial charge in [0, 0.05) is 0 Å². The van der Waals surface area contributed by atoms with E-state index >= 15 is 0 Å². The van der Waals surface area contributed by atoms with Gasteiger partial charge in [-0.1, -0.05) is 0 Å². The normalized spacial score (nSPS) is 22.5. The zero-order valence-electron chi connectivity index (χ0n) is 9.31. The van der Waals surface area contributed by atoms with Crippen molar-refractivity contribution in [3.8, 4) is 0 Å². The molecule has 1 aromatic heterocycles. The van der Waals surface area contributed by atoms with E-state index in [9.17, 15) is 14.4 Å². The molecule has 4 amide bonds. The minimum absolute atomic E-state index is 0.0969. The Balaban J connectivity index is 2.40. The van der Waals surface area contributed by atoms with Gasteiger partial charge in [0.1, 0.15) is 0 Å². The molecule has 2 heterocycles. The highest BCUT2D eigenvalue weighted by Crippen LogP contribution is 2.26. The van der Waals surface area contributed by atoms with Crippen LogP contribution in [0.2, 0.25) is 0 Å². The third-order valence-electron chi connectivity index (χ3n) is 2.58. The zero-order valence-corrected chi connectivity index (χ0v) is 9.31. The molecule has 0 bridgehead atoms. The number of nitrogens with one attached hydrogen (secondary N) is 3. The second kappa shape index (κ2) is 4.02. The Morgan fingerprint density at radius 1 is 1.61 bits per heavy atom. The van der Waals surface area contributed by atoms with Gasteiger partial charge in [0.05, 0.1) is 12.2 Å². The van der Waals surface area contributed by atoms with Gasteiger partial charge in [0.15, 0.2) is 17.7 Å². The van der Waals surface area contributed by atoms with Crippen molar-refractivity contribution in [2.75, 3.05) is 6.54 Å². The molecule has 1 aliphatic heterocycles. The number of carboxylic acid groups (broad SMARTS) is 1. The number of hydrogen-bond donors (Lipinski definition) is 4. The first-order valence-corrected chi connectivity index (χ1v) is 4.96. The molecule has 4 N–H and O–H groups in total. The fourth-order valence-electron chi connectivity index (χ4n) is 1.78. The van der Waals surface area contributed by atoms with Crippen LogP contribution in [0.3, 0.4) is 0 Å². The number of carbonyl (C=O) groups excluding carboxylic acids is 2. The highest BCUT2D eigenvalue weighted by molar-refractivity contribution is 6.07. The Bertz CT molecular complexity index is 525. The molecule has 9 heteroatoms. The van der Waals surface area contributed by atoms with E-state index in [-0.39, 0.29) is 12.3 Å².